The summed E-state index contributed by atoms with van der Waals surface area (Å²) in [6.07, 6.45) is 1.68. The number of amides is 1. The summed E-state index contributed by atoms with van der Waals surface area (Å²) < 4.78 is 0.733. The smallest absolute Gasteiger partial charge is 0.231 e. The Morgan fingerprint density at radius 1 is 1.63 bits per heavy atom. The topological polar surface area (TPSA) is 64.9 Å². The van der Waals surface area contributed by atoms with Gasteiger partial charge in [-0.3, -0.25) is 4.79 Å². The molecule has 1 atom stereocenters. The number of anilines is 1. The van der Waals surface area contributed by atoms with Crippen molar-refractivity contribution in [2.75, 3.05) is 18.4 Å². The van der Waals surface area contributed by atoms with Gasteiger partial charge in [0.05, 0.1) is 22.7 Å². The molecule has 4 nitrogen and oxygen atoms in total. The van der Waals surface area contributed by atoms with Crippen molar-refractivity contribution in [2.45, 2.75) is 19.8 Å². The minimum Gasteiger partial charge on any atom is -0.325 e. The van der Waals surface area contributed by atoms with Crippen LogP contribution in [0, 0.1) is 16.7 Å². The van der Waals surface area contributed by atoms with Crippen molar-refractivity contribution in [3.05, 3.63) is 28.2 Å². The fourth-order valence-corrected chi connectivity index (χ4v) is 2.82. The van der Waals surface area contributed by atoms with Gasteiger partial charge in [-0.25, -0.2) is 0 Å². The van der Waals surface area contributed by atoms with Gasteiger partial charge in [0, 0.05) is 11.0 Å². The van der Waals surface area contributed by atoms with Crippen molar-refractivity contribution in [2.24, 2.45) is 5.41 Å². The zero-order chi connectivity index (χ0) is 13.9. The van der Waals surface area contributed by atoms with Gasteiger partial charge in [0.15, 0.2) is 0 Å². The van der Waals surface area contributed by atoms with Crippen LogP contribution in [0.1, 0.15) is 25.3 Å². The molecule has 1 unspecified atom stereocenters. The Kier molecular flexibility index (Phi) is 4.23. The van der Waals surface area contributed by atoms with Crippen molar-refractivity contribution in [3.8, 4) is 6.07 Å². The predicted octanol–water partition coefficient (Wildman–Crippen LogP) is 2.65. The maximum Gasteiger partial charge on any atom is 0.231 e. The number of halogens is 1. The fraction of sp³-hybridized carbons (Fsp3) is 0.429. The Morgan fingerprint density at radius 2 is 2.42 bits per heavy atom. The largest absolute Gasteiger partial charge is 0.325 e. The third-order valence-corrected chi connectivity index (χ3v) is 4.40. The van der Waals surface area contributed by atoms with Gasteiger partial charge in [-0.2, -0.15) is 5.26 Å². The predicted molar refractivity (Wildman–Crippen MR) is 77.7 cm³/mol. The van der Waals surface area contributed by atoms with Gasteiger partial charge in [-0.05, 0) is 53.5 Å². The van der Waals surface area contributed by atoms with Crippen LogP contribution >= 0.6 is 15.9 Å². The summed E-state index contributed by atoms with van der Waals surface area (Å²) in [6.45, 7) is 3.65. The number of benzene rings is 1. The van der Waals surface area contributed by atoms with Crippen LogP contribution in [0.15, 0.2) is 22.7 Å². The van der Waals surface area contributed by atoms with Crippen LogP contribution in [0.5, 0.6) is 0 Å². The molecule has 1 saturated heterocycles. The Hall–Kier alpha value is -1.38. The first-order valence-electron chi connectivity index (χ1n) is 6.33. The first-order valence-corrected chi connectivity index (χ1v) is 7.12. The van der Waals surface area contributed by atoms with Crippen LogP contribution < -0.4 is 10.6 Å². The lowest BCUT2D eigenvalue weighted by molar-refractivity contribution is -0.124. The molecule has 1 amide bonds. The van der Waals surface area contributed by atoms with Crippen LogP contribution in [0.2, 0.25) is 0 Å². The molecule has 1 aliphatic heterocycles. The van der Waals surface area contributed by atoms with E-state index in [1.54, 1.807) is 18.2 Å². The molecular formula is C14H16BrN3O. The Bertz CT molecular complexity index is 530. The standard InChI is InChI=1S/C14H16BrN3O/c1-2-14(5-6-17-9-14)13(19)18-12-4-3-10(8-16)7-11(12)15/h3-4,7,17H,2,5-6,9H2,1H3,(H,18,19). The number of carbonyl (C=O) groups excluding carboxylic acids is 1. The van der Waals surface area contributed by atoms with E-state index in [1.165, 1.54) is 0 Å². The van der Waals surface area contributed by atoms with Crippen molar-refractivity contribution in [3.63, 3.8) is 0 Å². The quantitative estimate of drug-likeness (QED) is 0.899. The Balaban J connectivity index is 2.17. The highest BCUT2D eigenvalue weighted by Crippen LogP contribution is 2.32. The highest BCUT2D eigenvalue weighted by atomic mass is 79.9. The molecule has 19 heavy (non-hydrogen) atoms. The van der Waals surface area contributed by atoms with Gasteiger partial charge in [-0.1, -0.05) is 6.92 Å². The number of carbonyl (C=O) groups is 1. The summed E-state index contributed by atoms with van der Waals surface area (Å²) in [7, 11) is 0. The molecule has 1 heterocycles. The number of hydrogen-bond donors (Lipinski definition) is 2. The van der Waals surface area contributed by atoms with E-state index in [-0.39, 0.29) is 11.3 Å². The SMILES string of the molecule is CCC1(C(=O)Nc2ccc(C#N)cc2Br)CCNC1. The molecule has 100 valence electrons. The fourth-order valence-electron chi connectivity index (χ4n) is 2.34. The molecule has 5 heteroatoms. The van der Waals surface area contributed by atoms with E-state index in [0.717, 1.165) is 30.4 Å². The summed E-state index contributed by atoms with van der Waals surface area (Å²) in [6, 6.07) is 7.24. The van der Waals surface area contributed by atoms with Gasteiger partial charge in [0.25, 0.3) is 0 Å². The Labute approximate surface area is 121 Å². The molecule has 2 rings (SSSR count). The summed E-state index contributed by atoms with van der Waals surface area (Å²) in [5, 5.41) is 15.0. The third-order valence-electron chi connectivity index (χ3n) is 3.75. The van der Waals surface area contributed by atoms with Gasteiger partial charge >= 0.3 is 0 Å². The summed E-state index contributed by atoms with van der Waals surface area (Å²) in [5.74, 6) is 0.0467. The maximum atomic E-state index is 12.4. The lowest BCUT2D eigenvalue weighted by Crippen LogP contribution is -2.37. The molecule has 0 bridgehead atoms. The molecule has 1 fully saturated rings. The maximum absolute atomic E-state index is 12.4. The van der Waals surface area contributed by atoms with Gasteiger partial charge in [0.1, 0.15) is 0 Å². The number of nitrogens with zero attached hydrogens (tertiary/aromatic N) is 1. The van der Waals surface area contributed by atoms with Crippen molar-refractivity contribution in [1.82, 2.24) is 5.32 Å². The lowest BCUT2D eigenvalue weighted by atomic mass is 9.83. The molecule has 0 aliphatic carbocycles. The first kappa shape index (κ1) is 14.0. The number of hydrogen-bond acceptors (Lipinski definition) is 3. The monoisotopic (exact) mass is 321 g/mol. The van der Waals surface area contributed by atoms with E-state index in [1.807, 2.05) is 6.92 Å². The second-order valence-corrected chi connectivity index (χ2v) is 5.68. The van der Waals surface area contributed by atoms with Crippen molar-refractivity contribution in [1.29, 1.82) is 5.26 Å². The van der Waals surface area contributed by atoms with Crippen LogP contribution in [0.4, 0.5) is 5.69 Å². The molecule has 0 aromatic heterocycles. The highest BCUT2D eigenvalue weighted by molar-refractivity contribution is 9.10. The van der Waals surface area contributed by atoms with E-state index in [2.05, 4.69) is 32.6 Å². The van der Waals surface area contributed by atoms with Crippen LogP contribution in [-0.4, -0.2) is 19.0 Å². The number of nitriles is 1. The molecule has 2 N–H and O–H groups in total. The second-order valence-electron chi connectivity index (χ2n) is 4.82. The highest BCUT2D eigenvalue weighted by Gasteiger charge is 2.39. The molecule has 0 saturated carbocycles. The normalized spacial score (nSPS) is 21.9. The summed E-state index contributed by atoms with van der Waals surface area (Å²) in [4.78, 5) is 12.4. The molecule has 1 aromatic carbocycles. The minimum atomic E-state index is -0.312. The zero-order valence-electron chi connectivity index (χ0n) is 10.8. The molecule has 1 aliphatic rings. The lowest BCUT2D eigenvalue weighted by Gasteiger charge is -2.25. The average molecular weight is 322 g/mol. The van der Waals surface area contributed by atoms with Crippen molar-refractivity contribution >= 4 is 27.5 Å². The number of rotatable bonds is 3. The van der Waals surface area contributed by atoms with E-state index in [9.17, 15) is 4.79 Å². The Morgan fingerprint density at radius 3 is 2.95 bits per heavy atom. The summed E-state index contributed by atoms with van der Waals surface area (Å²) >= 11 is 3.38. The average Bonchev–Trinajstić information content (AvgIpc) is 2.91. The van der Waals surface area contributed by atoms with Gasteiger partial charge in [0.2, 0.25) is 5.91 Å². The number of nitrogens with one attached hydrogen (secondary N) is 2. The summed E-state index contributed by atoms with van der Waals surface area (Å²) in [5.41, 5.74) is 0.967. The van der Waals surface area contributed by atoms with Gasteiger partial charge < -0.3 is 10.6 Å². The minimum absolute atomic E-state index is 0.0467. The third kappa shape index (κ3) is 2.80. The molecule has 0 spiro atoms. The van der Waals surface area contributed by atoms with Crippen LogP contribution in [-0.2, 0) is 4.79 Å². The zero-order valence-corrected chi connectivity index (χ0v) is 12.4. The van der Waals surface area contributed by atoms with Crippen LogP contribution in [0.3, 0.4) is 0 Å². The van der Waals surface area contributed by atoms with Crippen molar-refractivity contribution < 1.29 is 4.79 Å². The van der Waals surface area contributed by atoms with E-state index < -0.39 is 0 Å². The van der Waals surface area contributed by atoms with E-state index >= 15 is 0 Å². The first-order chi connectivity index (χ1) is 9.11. The molecule has 0 radical (unpaired) electrons. The molecular weight excluding hydrogens is 306 g/mol. The molecule has 1 aromatic rings. The second kappa shape index (κ2) is 5.72. The van der Waals surface area contributed by atoms with Crippen LogP contribution in [0.25, 0.3) is 0 Å². The van der Waals surface area contributed by atoms with E-state index in [4.69, 9.17) is 5.26 Å². The van der Waals surface area contributed by atoms with E-state index in [0.29, 0.717) is 11.3 Å². The van der Waals surface area contributed by atoms with Gasteiger partial charge in [-0.15, -0.1) is 0 Å².